The third kappa shape index (κ3) is 2.32. The molecule has 0 amide bonds. The molecule has 0 saturated heterocycles. The molecule has 1 heterocycles. The predicted octanol–water partition coefficient (Wildman–Crippen LogP) is 4.74. The molecule has 0 spiro atoms. The van der Waals surface area contributed by atoms with Crippen molar-refractivity contribution in [3.05, 3.63) is 17.9 Å². The predicted molar refractivity (Wildman–Crippen MR) is 70.0 cm³/mol. The maximum Gasteiger partial charge on any atom is 0.160 e. The van der Waals surface area contributed by atoms with Crippen LogP contribution in [-0.4, -0.2) is 0 Å². The molecule has 0 radical (unpaired) electrons. The molecular weight excluding hydrogens is 216 g/mol. The van der Waals surface area contributed by atoms with Gasteiger partial charge in [-0.3, -0.25) is 0 Å². The normalized spacial score (nSPS) is 30.9. The molecule has 1 aromatic heterocycles. The van der Waals surface area contributed by atoms with E-state index in [0.29, 0.717) is 5.92 Å². The van der Waals surface area contributed by atoms with Crippen molar-refractivity contribution in [1.29, 1.82) is 0 Å². The molecule has 2 rings (SSSR count). The van der Waals surface area contributed by atoms with Crippen LogP contribution in [0.15, 0.2) is 21.8 Å². The first-order chi connectivity index (χ1) is 7.59. The molecule has 16 heavy (non-hydrogen) atoms. The van der Waals surface area contributed by atoms with E-state index in [2.05, 4.69) is 39.5 Å². The summed E-state index contributed by atoms with van der Waals surface area (Å²) < 4.78 is 5.35. The summed E-state index contributed by atoms with van der Waals surface area (Å²) in [5, 5.41) is 0.824. The molecule has 90 valence electrons. The molecule has 0 bridgehead atoms. The van der Waals surface area contributed by atoms with Gasteiger partial charge in [0.1, 0.15) is 0 Å². The second-order valence-electron chi connectivity index (χ2n) is 5.61. The van der Waals surface area contributed by atoms with Gasteiger partial charge in [0.2, 0.25) is 0 Å². The number of furan rings is 1. The Bertz CT molecular complexity index is 342. The van der Waals surface area contributed by atoms with Gasteiger partial charge < -0.3 is 4.42 Å². The highest BCUT2D eigenvalue weighted by molar-refractivity contribution is 7.80. The van der Waals surface area contributed by atoms with Gasteiger partial charge in [0.25, 0.3) is 0 Å². The van der Waals surface area contributed by atoms with Crippen molar-refractivity contribution < 1.29 is 4.42 Å². The third-order valence-corrected chi connectivity index (χ3v) is 4.46. The Balaban J connectivity index is 2.24. The minimum atomic E-state index is 0.648. The summed E-state index contributed by atoms with van der Waals surface area (Å²) in [7, 11) is 0. The van der Waals surface area contributed by atoms with Crippen LogP contribution in [0.25, 0.3) is 0 Å². The highest BCUT2D eigenvalue weighted by Crippen LogP contribution is 2.45. The molecule has 0 N–H and O–H groups in total. The topological polar surface area (TPSA) is 13.1 Å². The number of rotatable bonds is 2. The van der Waals surface area contributed by atoms with Gasteiger partial charge in [0.05, 0.1) is 6.26 Å². The van der Waals surface area contributed by atoms with E-state index in [4.69, 9.17) is 4.42 Å². The zero-order chi connectivity index (χ0) is 11.7. The van der Waals surface area contributed by atoms with Crippen LogP contribution in [0.2, 0.25) is 0 Å². The molecule has 1 aliphatic carbocycles. The van der Waals surface area contributed by atoms with E-state index in [1.54, 1.807) is 6.26 Å². The second kappa shape index (κ2) is 4.87. The lowest BCUT2D eigenvalue weighted by Crippen LogP contribution is -2.26. The first-order valence-electron chi connectivity index (χ1n) is 6.36. The van der Waals surface area contributed by atoms with Gasteiger partial charge >= 0.3 is 0 Å². The van der Waals surface area contributed by atoms with Crippen LogP contribution < -0.4 is 0 Å². The lowest BCUT2D eigenvalue weighted by atomic mass is 9.68. The minimum absolute atomic E-state index is 0.648. The Morgan fingerprint density at radius 2 is 2.12 bits per heavy atom. The summed E-state index contributed by atoms with van der Waals surface area (Å²) in [6.07, 6.45) is 5.78. The maximum absolute atomic E-state index is 5.35. The van der Waals surface area contributed by atoms with Gasteiger partial charge in [0.15, 0.2) is 5.09 Å². The van der Waals surface area contributed by atoms with Crippen LogP contribution in [0.5, 0.6) is 0 Å². The summed E-state index contributed by atoms with van der Waals surface area (Å²) in [6, 6.07) is 2.11. The Kier molecular flexibility index (Phi) is 3.68. The monoisotopic (exact) mass is 238 g/mol. The number of hydrogen-bond donors (Lipinski definition) is 1. The van der Waals surface area contributed by atoms with E-state index in [1.165, 1.54) is 24.8 Å². The molecule has 0 aliphatic heterocycles. The number of thiol groups is 1. The molecule has 1 aromatic rings. The molecule has 1 fully saturated rings. The van der Waals surface area contributed by atoms with Gasteiger partial charge in [0, 0.05) is 5.56 Å². The van der Waals surface area contributed by atoms with E-state index in [0.717, 1.165) is 22.8 Å². The fraction of sp³-hybridized carbons (Fsp3) is 0.714. The fourth-order valence-corrected chi connectivity index (χ4v) is 3.45. The minimum Gasteiger partial charge on any atom is -0.458 e. The first kappa shape index (κ1) is 12.1. The lowest BCUT2D eigenvalue weighted by molar-refractivity contribution is 0.193. The van der Waals surface area contributed by atoms with Crippen LogP contribution in [0.3, 0.4) is 0 Å². The zero-order valence-electron chi connectivity index (χ0n) is 10.4. The average molecular weight is 238 g/mol. The van der Waals surface area contributed by atoms with Crippen molar-refractivity contribution in [2.75, 3.05) is 0 Å². The molecular formula is C14H22OS. The van der Waals surface area contributed by atoms with Crippen molar-refractivity contribution in [2.24, 2.45) is 17.8 Å². The summed E-state index contributed by atoms with van der Waals surface area (Å²) in [6.45, 7) is 7.04. The van der Waals surface area contributed by atoms with Crippen molar-refractivity contribution in [1.82, 2.24) is 0 Å². The highest BCUT2D eigenvalue weighted by Gasteiger charge is 2.33. The molecule has 3 unspecified atom stereocenters. The van der Waals surface area contributed by atoms with Crippen molar-refractivity contribution in [3.63, 3.8) is 0 Å². The van der Waals surface area contributed by atoms with Crippen molar-refractivity contribution in [3.8, 4) is 0 Å². The Morgan fingerprint density at radius 1 is 1.38 bits per heavy atom. The van der Waals surface area contributed by atoms with Gasteiger partial charge in [-0.05, 0) is 42.6 Å². The molecule has 1 nitrogen and oxygen atoms in total. The smallest absolute Gasteiger partial charge is 0.160 e. The summed E-state index contributed by atoms with van der Waals surface area (Å²) >= 11 is 4.43. The van der Waals surface area contributed by atoms with E-state index in [1.807, 2.05) is 0 Å². The van der Waals surface area contributed by atoms with Gasteiger partial charge in [-0.25, -0.2) is 0 Å². The molecule has 1 saturated carbocycles. The van der Waals surface area contributed by atoms with Crippen LogP contribution in [0.4, 0.5) is 0 Å². The maximum atomic E-state index is 5.35. The van der Waals surface area contributed by atoms with E-state index >= 15 is 0 Å². The van der Waals surface area contributed by atoms with Crippen LogP contribution >= 0.6 is 12.6 Å². The van der Waals surface area contributed by atoms with Crippen LogP contribution in [-0.2, 0) is 0 Å². The lowest BCUT2D eigenvalue weighted by Gasteiger charge is -2.37. The zero-order valence-corrected chi connectivity index (χ0v) is 11.3. The van der Waals surface area contributed by atoms with Crippen LogP contribution in [0.1, 0.15) is 51.5 Å². The molecule has 2 heteroatoms. The second-order valence-corrected chi connectivity index (χ2v) is 6.02. The highest BCUT2D eigenvalue weighted by atomic mass is 32.1. The SMILES string of the molecule is CC1CCC(C(C)C)C(c2ccoc2S)C1. The van der Waals surface area contributed by atoms with E-state index in [9.17, 15) is 0 Å². The summed E-state index contributed by atoms with van der Waals surface area (Å²) in [4.78, 5) is 0. The Morgan fingerprint density at radius 3 is 2.69 bits per heavy atom. The van der Waals surface area contributed by atoms with E-state index in [-0.39, 0.29) is 0 Å². The summed E-state index contributed by atoms with van der Waals surface area (Å²) in [5.41, 5.74) is 1.33. The average Bonchev–Trinajstić information content (AvgIpc) is 2.63. The molecule has 1 aliphatic rings. The first-order valence-corrected chi connectivity index (χ1v) is 6.80. The van der Waals surface area contributed by atoms with Crippen LogP contribution in [0, 0.1) is 17.8 Å². The molecule has 0 aromatic carbocycles. The van der Waals surface area contributed by atoms with E-state index < -0.39 is 0 Å². The Hall–Kier alpha value is -0.370. The molecule has 3 atom stereocenters. The summed E-state index contributed by atoms with van der Waals surface area (Å²) in [5.74, 6) is 3.03. The quantitative estimate of drug-likeness (QED) is 0.734. The van der Waals surface area contributed by atoms with Gasteiger partial charge in [-0.2, -0.15) is 0 Å². The third-order valence-electron chi connectivity index (χ3n) is 4.10. The van der Waals surface area contributed by atoms with Gasteiger partial charge in [-0.15, -0.1) is 12.6 Å². The fourth-order valence-electron chi connectivity index (χ4n) is 3.15. The van der Waals surface area contributed by atoms with Gasteiger partial charge in [-0.1, -0.05) is 27.2 Å². The largest absolute Gasteiger partial charge is 0.458 e. The Labute approximate surface area is 104 Å². The van der Waals surface area contributed by atoms with Crippen molar-refractivity contribution in [2.45, 2.75) is 51.0 Å². The standard InChI is InChI=1S/C14H22OS/c1-9(2)11-5-4-10(3)8-13(11)12-6-7-15-14(12)16/h6-7,9-11,13,16H,4-5,8H2,1-3H3. The number of hydrogen-bond acceptors (Lipinski definition) is 2. The van der Waals surface area contributed by atoms with Crippen molar-refractivity contribution >= 4 is 12.6 Å².